The Morgan fingerprint density at radius 3 is 2.61 bits per heavy atom. The van der Waals surface area contributed by atoms with Gasteiger partial charge in [-0.15, -0.1) is 6.58 Å². The van der Waals surface area contributed by atoms with Gasteiger partial charge in [-0.25, -0.2) is 0 Å². The molecule has 1 aromatic carbocycles. The quantitative estimate of drug-likeness (QED) is 0.747. The minimum atomic E-state index is -0.0891. The third kappa shape index (κ3) is 1.81. The van der Waals surface area contributed by atoms with E-state index in [-0.39, 0.29) is 11.0 Å². The van der Waals surface area contributed by atoms with Crippen molar-refractivity contribution in [3.05, 3.63) is 42.5 Å². The molecule has 3 fully saturated rings. The van der Waals surface area contributed by atoms with Crippen LogP contribution >= 0.6 is 12.1 Å². The highest BCUT2D eigenvalue weighted by Crippen LogP contribution is 2.51. The second-order valence-electron chi connectivity index (χ2n) is 5.44. The molecule has 3 aliphatic rings. The van der Waals surface area contributed by atoms with Gasteiger partial charge in [-0.2, -0.15) is 3.89 Å². The molecule has 0 unspecified atom stereocenters. The van der Waals surface area contributed by atoms with Crippen LogP contribution in [-0.4, -0.2) is 12.2 Å². The maximum atomic E-state index is 12.7. The van der Waals surface area contributed by atoms with Crippen molar-refractivity contribution in [1.29, 1.82) is 0 Å². The van der Waals surface area contributed by atoms with Crippen molar-refractivity contribution >= 4 is 12.1 Å². The lowest BCUT2D eigenvalue weighted by molar-refractivity contribution is -0.128. The highest BCUT2D eigenvalue weighted by atomic mass is 32.2. The summed E-state index contributed by atoms with van der Waals surface area (Å²) in [5.74, 6) is 0. The molecule has 0 atom stereocenters. The third-order valence-corrected chi connectivity index (χ3v) is 5.03. The van der Waals surface area contributed by atoms with Crippen LogP contribution in [0.25, 0.3) is 0 Å². The third-order valence-electron chi connectivity index (χ3n) is 4.60. The second-order valence-corrected chi connectivity index (χ2v) is 6.07. The standard InChI is InChI=1S/C15H17FOS/c1-2-15-8-6-14(7-9-15,11-17-15)12-4-3-5-13(10-12)18-16/h2-5,10H,1,6-9,11H2. The van der Waals surface area contributed by atoms with Gasteiger partial charge in [0.05, 0.1) is 24.4 Å². The Hall–Kier alpha value is -0.800. The maximum Gasteiger partial charge on any atom is 0.0860 e. The fraction of sp³-hybridized carbons (Fsp3) is 0.467. The van der Waals surface area contributed by atoms with Gasteiger partial charge in [0.25, 0.3) is 0 Å². The molecule has 0 amide bonds. The normalized spacial score (nSPS) is 34.5. The molecule has 18 heavy (non-hydrogen) atoms. The van der Waals surface area contributed by atoms with Gasteiger partial charge in [0.15, 0.2) is 0 Å². The first-order valence-corrected chi connectivity index (χ1v) is 7.10. The number of halogens is 1. The van der Waals surface area contributed by atoms with E-state index < -0.39 is 0 Å². The molecule has 0 aromatic heterocycles. The maximum absolute atomic E-state index is 12.7. The van der Waals surface area contributed by atoms with Crippen LogP contribution in [0.15, 0.2) is 41.8 Å². The largest absolute Gasteiger partial charge is 0.370 e. The average Bonchev–Trinajstić information content (AvgIpc) is 2.49. The van der Waals surface area contributed by atoms with Crippen molar-refractivity contribution in [3.63, 3.8) is 0 Å². The molecular formula is C15H17FOS. The number of ether oxygens (including phenoxy) is 1. The summed E-state index contributed by atoms with van der Waals surface area (Å²) in [5.41, 5.74) is 1.23. The van der Waals surface area contributed by atoms with Crippen molar-refractivity contribution in [2.45, 2.75) is 41.6 Å². The summed E-state index contributed by atoms with van der Waals surface area (Å²) >= 11 is 0.316. The summed E-state index contributed by atoms with van der Waals surface area (Å²) in [4.78, 5) is 0.688. The van der Waals surface area contributed by atoms with E-state index in [0.29, 0.717) is 17.0 Å². The van der Waals surface area contributed by atoms with Crippen molar-refractivity contribution in [2.24, 2.45) is 0 Å². The molecular weight excluding hydrogens is 247 g/mol. The number of hydrogen-bond donors (Lipinski definition) is 0. The van der Waals surface area contributed by atoms with Crippen LogP contribution < -0.4 is 0 Å². The molecule has 1 saturated carbocycles. The summed E-state index contributed by atoms with van der Waals surface area (Å²) in [6.07, 6.45) is 6.25. The monoisotopic (exact) mass is 264 g/mol. The van der Waals surface area contributed by atoms with Crippen LogP contribution in [0.5, 0.6) is 0 Å². The number of fused-ring (bicyclic) bond motifs is 3. The predicted octanol–water partition coefficient (Wildman–Crippen LogP) is 4.43. The van der Waals surface area contributed by atoms with Crippen LogP contribution in [0.3, 0.4) is 0 Å². The Morgan fingerprint density at radius 2 is 2.06 bits per heavy atom. The first kappa shape index (κ1) is 12.2. The molecule has 2 heterocycles. The van der Waals surface area contributed by atoms with Crippen LogP contribution in [0.2, 0.25) is 0 Å². The van der Waals surface area contributed by atoms with Gasteiger partial charge in [-0.1, -0.05) is 18.2 Å². The number of benzene rings is 1. The lowest BCUT2D eigenvalue weighted by Gasteiger charge is -2.52. The van der Waals surface area contributed by atoms with Gasteiger partial charge in [0, 0.05) is 10.3 Å². The fourth-order valence-electron chi connectivity index (χ4n) is 3.23. The first-order valence-electron chi connectivity index (χ1n) is 6.39. The molecule has 0 radical (unpaired) electrons. The highest BCUT2D eigenvalue weighted by Gasteiger charge is 2.49. The van der Waals surface area contributed by atoms with Gasteiger partial charge >= 0.3 is 0 Å². The molecule has 96 valence electrons. The lowest BCUT2D eigenvalue weighted by Crippen LogP contribution is -2.52. The molecule has 0 spiro atoms. The molecule has 1 aromatic rings. The summed E-state index contributed by atoms with van der Waals surface area (Å²) in [6, 6.07) is 7.83. The summed E-state index contributed by atoms with van der Waals surface area (Å²) < 4.78 is 18.7. The van der Waals surface area contributed by atoms with Crippen LogP contribution in [0.4, 0.5) is 3.89 Å². The Kier molecular flexibility index (Phi) is 2.99. The minimum absolute atomic E-state index is 0.0891. The summed E-state index contributed by atoms with van der Waals surface area (Å²) in [6.45, 7) is 4.63. The van der Waals surface area contributed by atoms with Gasteiger partial charge in [0.1, 0.15) is 0 Å². The van der Waals surface area contributed by atoms with E-state index in [1.165, 1.54) is 5.56 Å². The van der Waals surface area contributed by atoms with Crippen LogP contribution in [0, 0.1) is 0 Å². The zero-order valence-electron chi connectivity index (χ0n) is 10.3. The highest BCUT2D eigenvalue weighted by molar-refractivity contribution is 7.94. The first-order chi connectivity index (χ1) is 8.72. The molecule has 2 saturated heterocycles. The van der Waals surface area contributed by atoms with Crippen LogP contribution in [0.1, 0.15) is 31.2 Å². The average molecular weight is 264 g/mol. The van der Waals surface area contributed by atoms with E-state index in [0.717, 1.165) is 32.3 Å². The van der Waals surface area contributed by atoms with Crippen molar-refractivity contribution < 1.29 is 8.62 Å². The van der Waals surface area contributed by atoms with E-state index in [1.54, 1.807) is 0 Å². The Morgan fingerprint density at radius 1 is 1.28 bits per heavy atom. The zero-order valence-corrected chi connectivity index (χ0v) is 11.1. The molecule has 2 aliphatic heterocycles. The molecule has 0 N–H and O–H groups in total. The van der Waals surface area contributed by atoms with Gasteiger partial charge < -0.3 is 4.74 Å². The van der Waals surface area contributed by atoms with E-state index in [9.17, 15) is 3.89 Å². The SMILES string of the molecule is C=CC12CCC(c3cccc(SF)c3)(CC1)CO2. The van der Waals surface area contributed by atoms with Crippen molar-refractivity contribution in [1.82, 2.24) is 0 Å². The topological polar surface area (TPSA) is 9.23 Å². The van der Waals surface area contributed by atoms with Crippen molar-refractivity contribution in [2.75, 3.05) is 6.61 Å². The van der Waals surface area contributed by atoms with Gasteiger partial charge in [-0.3, -0.25) is 0 Å². The van der Waals surface area contributed by atoms with E-state index in [4.69, 9.17) is 4.74 Å². The lowest BCUT2D eigenvalue weighted by atomic mass is 9.63. The Bertz CT molecular complexity index is 447. The number of rotatable bonds is 3. The molecule has 1 nitrogen and oxygen atoms in total. The minimum Gasteiger partial charge on any atom is -0.370 e. The van der Waals surface area contributed by atoms with E-state index >= 15 is 0 Å². The molecule has 2 bridgehead atoms. The summed E-state index contributed by atoms with van der Waals surface area (Å²) in [5, 5.41) is 0. The predicted molar refractivity (Wildman–Crippen MR) is 72.4 cm³/mol. The smallest absolute Gasteiger partial charge is 0.0860 e. The molecule has 1 aliphatic carbocycles. The Balaban J connectivity index is 1.91. The molecule has 4 rings (SSSR count). The number of hydrogen-bond acceptors (Lipinski definition) is 2. The van der Waals surface area contributed by atoms with E-state index in [1.807, 2.05) is 24.3 Å². The van der Waals surface area contributed by atoms with Crippen LogP contribution in [-0.2, 0) is 10.2 Å². The Labute approximate surface area is 112 Å². The molecule has 3 heteroatoms. The van der Waals surface area contributed by atoms with Gasteiger partial charge in [-0.05, 0) is 43.4 Å². The zero-order chi connectivity index (χ0) is 12.6. The van der Waals surface area contributed by atoms with Crippen molar-refractivity contribution in [3.8, 4) is 0 Å². The summed E-state index contributed by atoms with van der Waals surface area (Å²) in [7, 11) is 0. The second kappa shape index (κ2) is 4.39. The van der Waals surface area contributed by atoms with Gasteiger partial charge in [0.2, 0.25) is 0 Å². The van der Waals surface area contributed by atoms with E-state index in [2.05, 4.69) is 12.6 Å². The fourth-order valence-corrected chi connectivity index (χ4v) is 3.53.